The molecule has 3 aromatic carbocycles. The van der Waals surface area contributed by atoms with Crippen LogP contribution in [0.25, 0.3) is 22.2 Å². The molecular weight excluding hydrogens is 492 g/mol. The van der Waals surface area contributed by atoms with Crippen LogP contribution >= 0.6 is 23.1 Å². The summed E-state index contributed by atoms with van der Waals surface area (Å²) in [5.41, 5.74) is 3.60. The Morgan fingerprint density at radius 1 is 0.944 bits per heavy atom. The number of carboxylic acids is 1. The van der Waals surface area contributed by atoms with Gasteiger partial charge in [0.1, 0.15) is 10.3 Å². The predicted octanol–water partition coefficient (Wildman–Crippen LogP) is 6.23. The van der Waals surface area contributed by atoms with E-state index in [0.717, 1.165) is 20.5 Å². The smallest absolute Gasteiger partial charge is 0.336 e. The van der Waals surface area contributed by atoms with Crippen LogP contribution in [0.1, 0.15) is 26.2 Å². The van der Waals surface area contributed by atoms with Gasteiger partial charge in [-0.15, -0.1) is 10.2 Å². The number of carbonyl (C=O) groups excluding carboxylic acids is 1. The largest absolute Gasteiger partial charge is 0.478 e. The number of rotatable bonds is 7. The van der Waals surface area contributed by atoms with Gasteiger partial charge in [0.15, 0.2) is 4.34 Å². The molecule has 0 spiro atoms. The maximum atomic E-state index is 13.3. The third-order valence-electron chi connectivity index (χ3n) is 5.46. The summed E-state index contributed by atoms with van der Waals surface area (Å²) in [5.74, 6) is -1.18. The lowest BCUT2D eigenvalue weighted by atomic mass is 10.0. The van der Waals surface area contributed by atoms with E-state index >= 15 is 0 Å². The zero-order valence-electron chi connectivity index (χ0n) is 19.1. The summed E-state index contributed by atoms with van der Waals surface area (Å²) >= 11 is 2.81. The molecule has 0 aliphatic heterocycles. The van der Waals surface area contributed by atoms with E-state index in [0.29, 0.717) is 22.3 Å². The fraction of sp³-hybridized carbons (Fsp3) is 0.0741. The van der Waals surface area contributed by atoms with Crippen LogP contribution in [0.5, 0.6) is 0 Å². The summed E-state index contributed by atoms with van der Waals surface area (Å²) in [4.78, 5) is 29.7. The van der Waals surface area contributed by atoms with Crippen molar-refractivity contribution in [2.45, 2.75) is 16.5 Å². The van der Waals surface area contributed by atoms with Crippen molar-refractivity contribution in [2.75, 3.05) is 5.32 Å². The zero-order chi connectivity index (χ0) is 25.1. The van der Waals surface area contributed by atoms with Gasteiger partial charge >= 0.3 is 5.97 Å². The second-order valence-corrected chi connectivity index (χ2v) is 10.5. The van der Waals surface area contributed by atoms with Crippen LogP contribution in [-0.2, 0) is 4.79 Å². The fourth-order valence-corrected chi connectivity index (χ4v) is 5.77. The van der Waals surface area contributed by atoms with Crippen LogP contribution in [-0.4, -0.2) is 32.2 Å². The molecule has 0 saturated carbocycles. The summed E-state index contributed by atoms with van der Waals surface area (Å²) < 4.78 is 0.725. The minimum absolute atomic E-state index is 0.177. The molecular formula is C27H20N4O3S2. The van der Waals surface area contributed by atoms with Crippen molar-refractivity contribution in [2.24, 2.45) is 0 Å². The molecule has 5 rings (SSSR count). The van der Waals surface area contributed by atoms with Gasteiger partial charge in [0.2, 0.25) is 5.91 Å². The van der Waals surface area contributed by atoms with Crippen molar-refractivity contribution < 1.29 is 14.7 Å². The van der Waals surface area contributed by atoms with Gasteiger partial charge in [0.25, 0.3) is 0 Å². The number of aromatic nitrogens is 3. The van der Waals surface area contributed by atoms with E-state index in [1.54, 1.807) is 36.4 Å². The van der Waals surface area contributed by atoms with E-state index in [9.17, 15) is 14.7 Å². The number of thioether (sulfide) groups is 1. The van der Waals surface area contributed by atoms with Crippen molar-refractivity contribution >= 4 is 51.6 Å². The van der Waals surface area contributed by atoms with Gasteiger partial charge in [-0.2, -0.15) is 0 Å². The number of hydrogen-bond donors (Lipinski definition) is 2. The first-order chi connectivity index (χ1) is 17.5. The van der Waals surface area contributed by atoms with Gasteiger partial charge in [-0.3, -0.25) is 4.79 Å². The van der Waals surface area contributed by atoms with Crippen molar-refractivity contribution in [3.8, 4) is 11.3 Å². The molecule has 36 heavy (non-hydrogen) atoms. The number of fused-ring (bicyclic) bond motifs is 1. The monoisotopic (exact) mass is 512 g/mol. The van der Waals surface area contributed by atoms with Crippen LogP contribution in [0.2, 0.25) is 0 Å². The maximum Gasteiger partial charge on any atom is 0.336 e. The highest BCUT2D eigenvalue weighted by molar-refractivity contribution is 8.01. The number of aromatic carboxylic acids is 1. The number of hydrogen-bond acceptors (Lipinski definition) is 7. The van der Waals surface area contributed by atoms with Crippen LogP contribution in [0, 0.1) is 6.92 Å². The molecule has 5 aromatic rings. The molecule has 7 nitrogen and oxygen atoms in total. The van der Waals surface area contributed by atoms with Crippen molar-refractivity contribution in [3.63, 3.8) is 0 Å². The molecule has 2 N–H and O–H groups in total. The molecule has 0 bridgehead atoms. The molecule has 0 aliphatic rings. The number of pyridine rings is 1. The molecule has 1 amide bonds. The number of para-hydroxylation sites is 1. The quantitative estimate of drug-likeness (QED) is 0.249. The topological polar surface area (TPSA) is 105 Å². The Balaban J connectivity index is 1.39. The van der Waals surface area contributed by atoms with Crippen LogP contribution < -0.4 is 5.32 Å². The molecule has 2 aromatic heterocycles. The summed E-state index contributed by atoms with van der Waals surface area (Å²) in [5, 5.41) is 21.8. The Morgan fingerprint density at radius 3 is 2.36 bits per heavy atom. The second kappa shape index (κ2) is 10.3. The highest BCUT2D eigenvalue weighted by atomic mass is 32.2. The Labute approximate surface area is 215 Å². The molecule has 0 radical (unpaired) electrons. The van der Waals surface area contributed by atoms with Crippen LogP contribution in [0.3, 0.4) is 0 Å². The minimum Gasteiger partial charge on any atom is -0.478 e. The highest BCUT2D eigenvalue weighted by Gasteiger charge is 2.24. The number of carboxylic acid groups (broad SMARTS) is 1. The molecule has 178 valence electrons. The molecule has 0 saturated heterocycles. The number of benzene rings is 3. The van der Waals surface area contributed by atoms with Gasteiger partial charge in [0.05, 0.1) is 16.8 Å². The average molecular weight is 513 g/mol. The van der Waals surface area contributed by atoms with E-state index < -0.39 is 11.2 Å². The lowest BCUT2D eigenvalue weighted by Gasteiger charge is -2.16. The summed E-state index contributed by atoms with van der Waals surface area (Å²) in [6.07, 6.45) is 0. The first-order valence-corrected chi connectivity index (χ1v) is 12.7. The molecule has 0 fully saturated rings. The van der Waals surface area contributed by atoms with E-state index in [1.165, 1.54) is 23.1 Å². The van der Waals surface area contributed by atoms with Gasteiger partial charge in [-0.1, -0.05) is 83.8 Å². The van der Waals surface area contributed by atoms with Gasteiger partial charge in [0, 0.05) is 16.6 Å². The maximum absolute atomic E-state index is 13.3. The lowest BCUT2D eigenvalue weighted by Crippen LogP contribution is -2.19. The van der Waals surface area contributed by atoms with Crippen molar-refractivity contribution in [3.05, 3.63) is 101 Å². The molecule has 2 heterocycles. The Bertz CT molecular complexity index is 1550. The predicted molar refractivity (Wildman–Crippen MR) is 142 cm³/mol. The number of anilines is 1. The van der Waals surface area contributed by atoms with Crippen molar-refractivity contribution in [1.82, 2.24) is 15.2 Å². The van der Waals surface area contributed by atoms with Crippen molar-refractivity contribution in [1.29, 1.82) is 0 Å². The standard InChI is InChI=1S/C27H20N4O3S2/c1-16-30-31-27(35-16)36-24(18-7-3-2-4-8-18)25(32)28-19-13-11-17(12-14-19)23-15-21(26(33)34)20-9-5-6-10-22(20)29-23/h2-15,24H,1H3,(H,28,32)(H,33,34). The molecule has 1 atom stereocenters. The summed E-state index contributed by atoms with van der Waals surface area (Å²) in [6, 6.07) is 25.5. The normalized spacial score (nSPS) is 11.8. The second-order valence-electron chi connectivity index (χ2n) is 7.94. The van der Waals surface area contributed by atoms with E-state index in [-0.39, 0.29) is 11.5 Å². The summed E-state index contributed by atoms with van der Waals surface area (Å²) in [6.45, 7) is 1.88. The lowest BCUT2D eigenvalue weighted by molar-refractivity contribution is -0.115. The Hall–Kier alpha value is -4.08. The fourth-order valence-electron chi connectivity index (χ4n) is 3.76. The number of aryl methyl sites for hydroxylation is 1. The first-order valence-electron chi connectivity index (χ1n) is 11.0. The average Bonchev–Trinajstić information content (AvgIpc) is 3.32. The third-order valence-corrected chi connectivity index (χ3v) is 7.64. The van der Waals surface area contributed by atoms with E-state index in [4.69, 9.17) is 0 Å². The third kappa shape index (κ3) is 5.12. The highest BCUT2D eigenvalue weighted by Crippen LogP contribution is 2.37. The van der Waals surface area contributed by atoms with Crippen LogP contribution in [0.4, 0.5) is 5.69 Å². The Morgan fingerprint density at radius 2 is 1.67 bits per heavy atom. The van der Waals surface area contributed by atoms with Gasteiger partial charge < -0.3 is 10.4 Å². The SMILES string of the molecule is Cc1nnc(SC(C(=O)Nc2ccc(-c3cc(C(=O)O)c4ccccc4n3)cc2)c2ccccc2)s1. The summed E-state index contributed by atoms with van der Waals surface area (Å²) in [7, 11) is 0. The number of carbonyl (C=O) groups is 2. The first kappa shape index (κ1) is 23.7. The van der Waals surface area contributed by atoms with Crippen LogP contribution in [0.15, 0.2) is 89.3 Å². The molecule has 9 heteroatoms. The number of amides is 1. The molecule has 0 aliphatic carbocycles. The zero-order valence-corrected chi connectivity index (χ0v) is 20.7. The minimum atomic E-state index is -1.01. The van der Waals surface area contributed by atoms with Gasteiger partial charge in [-0.05, 0) is 36.8 Å². The molecule has 1 unspecified atom stereocenters. The number of nitrogens with zero attached hydrogens (tertiary/aromatic N) is 3. The number of nitrogens with one attached hydrogen (secondary N) is 1. The van der Waals surface area contributed by atoms with E-state index in [1.807, 2.05) is 55.5 Å². The Kier molecular flexibility index (Phi) is 6.75. The van der Waals surface area contributed by atoms with Gasteiger partial charge in [-0.25, -0.2) is 9.78 Å². The van der Waals surface area contributed by atoms with E-state index in [2.05, 4.69) is 20.5 Å².